The van der Waals surface area contributed by atoms with E-state index in [2.05, 4.69) is 59.8 Å². The molecule has 99 heavy (non-hydrogen) atoms. The van der Waals surface area contributed by atoms with Gasteiger partial charge < -0.3 is 18.9 Å². The molecule has 0 bridgehead atoms. The summed E-state index contributed by atoms with van der Waals surface area (Å²) < 4.78 is 90.0. The Hall–Kier alpha value is -11.6. The topological polar surface area (TPSA) is 260 Å². The lowest BCUT2D eigenvalue weighted by molar-refractivity contribution is 0.0983. The Labute approximate surface area is 576 Å². The third-order valence-corrected chi connectivity index (χ3v) is 14.7. The van der Waals surface area contributed by atoms with Gasteiger partial charge in [-0.1, -0.05) is 37.0 Å². The summed E-state index contributed by atoms with van der Waals surface area (Å²) in [6, 6.07) is 23.4. The van der Waals surface area contributed by atoms with E-state index in [-0.39, 0.29) is 77.2 Å². The maximum atomic E-state index is 13.8. The molecule has 8 aromatic heterocycles. The Morgan fingerprint density at radius 3 is 1.22 bits per heavy atom. The van der Waals surface area contributed by atoms with Crippen molar-refractivity contribution in [1.29, 1.82) is 0 Å². The van der Waals surface area contributed by atoms with E-state index in [1.165, 1.54) is 153 Å². The van der Waals surface area contributed by atoms with Crippen molar-refractivity contribution in [1.82, 2.24) is 59.8 Å². The smallest absolute Gasteiger partial charge is 0.169 e. The zero-order chi connectivity index (χ0) is 70.2. The second-order valence-corrected chi connectivity index (χ2v) is 22.7. The lowest BCUT2D eigenvalue weighted by Crippen LogP contribution is -2.07. The Bertz CT molecular complexity index is 4780. The van der Waals surface area contributed by atoms with Crippen LogP contribution in [0.3, 0.4) is 0 Å². The van der Waals surface area contributed by atoms with Crippen LogP contribution in [-0.4, -0.2) is 82.9 Å². The van der Waals surface area contributed by atoms with Crippen LogP contribution in [0.5, 0.6) is 46.0 Å². The van der Waals surface area contributed by atoms with E-state index in [0.29, 0.717) is 84.7 Å². The highest BCUT2D eigenvalue weighted by Crippen LogP contribution is 2.30. The molecule has 0 atom stereocenters. The zero-order valence-electron chi connectivity index (χ0n) is 52.4. The minimum Gasteiger partial charge on any atom is -0.454 e. The van der Waals surface area contributed by atoms with Crippen molar-refractivity contribution in [2.75, 3.05) is 0 Å². The molecule has 0 N–H and O–H groups in total. The highest BCUT2D eigenvalue weighted by Gasteiger charge is 2.18. The summed E-state index contributed by atoms with van der Waals surface area (Å²) >= 11 is 13.6. The number of ketones is 4. The van der Waals surface area contributed by atoms with Crippen LogP contribution in [0.1, 0.15) is 94.3 Å². The number of benzene rings is 4. The second-order valence-electron chi connectivity index (χ2n) is 20.9. The maximum absolute atomic E-state index is 13.8. The Morgan fingerprint density at radius 1 is 0.394 bits per heavy atom. The van der Waals surface area contributed by atoms with Gasteiger partial charge in [0.2, 0.25) is 0 Å². The van der Waals surface area contributed by atoms with Gasteiger partial charge in [0, 0.05) is 73.5 Å². The fourth-order valence-electron chi connectivity index (χ4n) is 8.72. The van der Waals surface area contributed by atoms with Gasteiger partial charge in [0.25, 0.3) is 0 Å². The number of aromatic nitrogens is 12. The molecule has 8 heterocycles. The van der Waals surface area contributed by atoms with Crippen LogP contribution in [0, 0.1) is 36.0 Å². The molecule has 0 radical (unpaired) electrons. The van der Waals surface area contributed by atoms with E-state index < -0.39 is 29.1 Å². The average Bonchev–Trinajstić information content (AvgIpc) is 1.34. The predicted octanol–water partition coefficient (Wildman–Crippen LogP) is 15.9. The van der Waals surface area contributed by atoms with Gasteiger partial charge in [-0.2, -0.15) is 0 Å². The number of Topliss-reactive ketones (excluding diaryl/α,β-unsaturated/α-hetero) is 4. The van der Waals surface area contributed by atoms with Gasteiger partial charge in [-0.05, 0) is 111 Å². The Kier molecular flexibility index (Phi) is 25.6. The van der Waals surface area contributed by atoms with Crippen molar-refractivity contribution in [2.24, 2.45) is 0 Å². The van der Waals surface area contributed by atoms with E-state index in [1.807, 2.05) is 19.2 Å². The van der Waals surface area contributed by atoms with Crippen molar-refractivity contribution in [2.45, 2.75) is 59.3 Å². The number of aryl methyl sites for hydroxylation is 3. The fourth-order valence-corrected chi connectivity index (χ4v) is 10.0. The molecule has 12 rings (SSSR count). The quantitative estimate of drug-likeness (QED) is 0.0451. The van der Waals surface area contributed by atoms with E-state index in [4.69, 9.17) is 42.1 Å². The molecular weight excluding hydrogens is 1350 g/mol. The van der Waals surface area contributed by atoms with E-state index >= 15 is 0 Å². The van der Waals surface area contributed by atoms with Crippen molar-refractivity contribution in [3.63, 3.8) is 0 Å². The van der Waals surface area contributed by atoms with Crippen molar-refractivity contribution < 1.29 is 60.1 Å². The highest BCUT2D eigenvalue weighted by atomic mass is 35.5. The van der Waals surface area contributed by atoms with Crippen LogP contribution in [-0.2, 0) is 38.5 Å². The van der Waals surface area contributed by atoms with Crippen LogP contribution in [0.25, 0.3) is 0 Å². The van der Waals surface area contributed by atoms with E-state index in [0.717, 1.165) is 35.3 Å². The molecule has 20 nitrogen and oxygen atoms in total. The number of carbonyl (C=O) groups excluding carboxylic acids is 4. The van der Waals surface area contributed by atoms with Gasteiger partial charge in [-0.3, -0.25) is 34.1 Å². The molecule has 0 spiro atoms. The van der Waals surface area contributed by atoms with Gasteiger partial charge in [0.15, 0.2) is 46.1 Å². The van der Waals surface area contributed by atoms with Gasteiger partial charge in [0.1, 0.15) is 82.4 Å². The number of thiazole rings is 1. The van der Waals surface area contributed by atoms with Gasteiger partial charge in [-0.15, -0.1) is 11.3 Å². The van der Waals surface area contributed by atoms with Crippen LogP contribution < -0.4 is 18.9 Å². The van der Waals surface area contributed by atoms with Crippen LogP contribution in [0.4, 0.5) is 22.0 Å². The number of halogens is 7. The number of carbonyl (C=O) groups is 4. The summed E-state index contributed by atoms with van der Waals surface area (Å²) in [5, 5.41) is 3.36. The first-order chi connectivity index (χ1) is 47.8. The van der Waals surface area contributed by atoms with Crippen molar-refractivity contribution in [3.8, 4) is 46.0 Å². The molecule has 500 valence electrons. The lowest BCUT2D eigenvalue weighted by atomic mass is 10.1. The van der Waals surface area contributed by atoms with E-state index in [9.17, 15) is 41.1 Å². The monoisotopic (exact) mass is 1400 g/mol. The molecule has 0 saturated heterocycles. The Balaban J connectivity index is 0.000000154. The van der Waals surface area contributed by atoms with E-state index in [1.54, 1.807) is 37.3 Å². The molecule has 0 aliphatic rings. The first kappa shape index (κ1) is 71.7. The maximum Gasteiger partial charge on any atom is 0.169 e. The molecule has 0 aliphatic heterocycles. The van der Waals surface area contributed by atoms with Gasteiger partial charge in [0.05, 0.1) is 98.0 Å². The van der Waals surface area contributed by atoms with Crippen molar-refractivity contribution >= 4 is 57.7 Å². The number of rotatable bonds is 22. The molecule has 0 saturated carbocycles. The van der Waals surface area contributed by atoms with Crippen LogP contribution >= 0.6 is 34.5 Å². The third kappa shape index (κ3) is 22.5. The second kappa shape index (κ2) is 35.4. The van der Waals surface area contributed by atoms with Gasteiger partial charge in [-0.25, -0.2) is 66.8 Å². The molecule has 0 aliphatic carbocycles. The molecule has 0 fully saturated rings. The van der Waals surface area contributed by atoms with Gasteiger partial charge >= 0.3 is 0 Å². The Morgan fingerprint density at radius 2 is 0.808 bits per heavy atom. The zero-order valence-corrected chi connectivity index (χ0v) is 54.7. The fraction of sp³-hybridized carbons (Fsp3) is 0.127. The van der Waals surface area contributed by atoms with Crippen LogP contribution in [0.15, 0.2) is 196 Å². The molecule has 0 amide bonds. The molecule has 0 unspecified atom stereocenters. The number of hydrogen-bond acceptors (Lipinski definition) is 21. The predicted molar refractivity (Wildman–Crippen MR) is 354 cm³/mol. The number of pyridine rings is 3. The summed E-state index contributed by atoms with van der Waals surface area (Å²) in [5.74, 6) is -0.774. The summed E-state index contributed by atoms with van der Waals surface area (Å²) in [6.07, 6.45) is 21.2. The first-order valence-electron chi connectivity index (χ1n) is 29.7. The first-order valence-corrected chi connectivity index (χ1v) is 31.3. The third-order valence-electron chi connectivity index (χ3n) is 13.3. The molecule has 4 aromatic carbocycles. The molecule has 12 aromatic rings. The lowest BCUT2D eigenvalue weighted by Gasteiger charge is -2.08. The summed E-state index contributed by atoms with van der Waals surface area (Å²) in [5.41, 5.74) is 3.94. The summed E-state index contributed by atoms with van der Waals surface area (Å²) in [6.45, 7) is 5.43. The number of hydrogen-bond donors (Lipinski definition) is 0. The minimum atomic E-state index is -0.625. The largest absolute Gasteiger partial charge is 0.454 e. The highest BCUT2D eigenvalue weighted by molar-refractivity contribution is 7.09. The SMILES string of the molecule is CCc1csc(CC(=O)c2cc(F)cc(Oc3cncnc3)c2)n1.CCc1nc(CC(=O)c2cc(Cl)cc(Oc3cncnc3)c2)ccc1F.Cc1cnc(CC(=O)c2cc(Cl)cc(Oc3cncnc3)c2)cc1F.O=C(Cc1cc(F)ccn1)c1cc(F)cc(Oc2cncnc2)c1. The van der Waals surface area contributed by atoms with Crippen molar-refractivity contribution in [3.05, 3.63) is 296 Å². The normalized spacial score (nSPS) is 10.5. The molecular formula is C71H53Cl2F5N12O8S. The summed E-state index contributed by atoms with van der Waals surface area (Å²) in [4.78, 5) is 96.9. The standard InChI is InChI=1S/C19H15ClFN3O2.C18H13ClFN3O2.C17H11F2N3O2.C17H14FN3O2S/c1-2-18-17(21)4-3-14(24-18)8-19(25)12-5-13(20)7-15(6-12)26-16-9-22-11-23-10-16;1-11-7-23-14(5-17(11)20)6-18(24)12-2-13(19)4-15(3-12)25-16-8-21-10-22-9-16;18-12-1-2-22-14(5-12)7-17(23)11-3-13(19)6-15(4-11)24-16-8-20-10-21-9-16;1-2-13-9-24-17(21-13)6-16(22)11-3-12(18)5-14(4-11)23-15-7-19-10-20-8-15/h3-7,9-11H,2,8H2,1H3;2-5,7-10H,6H2,1H3;1-6,8-10H,7H2;3-5,7-10H,2,6H2,1H3. The number of nitrogens with zero attached hydrogens (tertiary/aromatic N) is 12. The number of ether oxygens (including phenoxy) is 4. The molecule has 28 heteroatoms. The summed E-state index contributed by atoms with van der Waals surface area (Å²) in [7, 11) is 0. The van der Waals surface area contributed by atoms with Crippen LogP contribution in [0.2, 0.25) is 10.0 Å². The average molecular weight is 1400 g/mol. The minimum absolute atomic E-state index is 0.0363.